The van der Waals surface area contributed by atoms with Crippen molar-refractivity contribution in [3.63, 3.8) is 0 Å². The molecule has 36 heavy (non-hydrogen) atoms. The number of benzene rings is 1. The lowest BCUT2D eigenvalue weighted by Gasteiger charge is -2.29. The number of carbonyl (C=O) groups is 1. The largest absolute Gasteiger partial charge is 0.393 e. The number of aromatic nitrogens is 3. The van der Waals surface area contributed by atoms with E-state index in [0.717, 1.165) is 55.2 Å². The number of pyridine rings is 1. The highest BCUT2D eigenvalue weighted by Crippen LogP contribution is 2.28. The van der Waals surface area contributed by atoms with Crippen molar-refractivity contribution in [2.24, 2.45) is 0 Å². The van der Waals surface area contributed by atoms with Gasteiger partial charge in [-0.05, 0) is 67.3 Å². The normalized spacial score (nSPS) is 14.5. The Morgan fingerprint density at radius 1 is 1.03 bits per heavy atom. The molecule has 0 bridgehead atoms. The van der Waals surface area contributed by atoms with Crippen LogP contribution in [0.25, 0.3) is 10.6 Å². The minimum atomic E-state index is -0.164. The number of anilines is 3. The zero-order valence-electron chi connectivity index (χ0n) is 19.8. The molecule has 0 spiro atoms. The monoisotopic (exact) mass is 500 g/mol. The second-order valence-corrected chi connectivity index (χ2v) is 9.85. The third-order valence-electron chi connectivity index (χ3n) is 6.13. The molecule has 0 radical (unpaired) electrons. The summed E-state index contributed by atoms with van der Waals surface area (Å²) in [6, 6.07) is 17.3. The van der Waals surface area contributed by atoms with Gasteiger partial charge in [0.2, 0.25) is 5.95 Å². The zero-order chi connectivity index (χ0) is 24.7. The number of aliphatic hydroxyl groups excluding tert-OH is 1. The number of nitrogens with zero attached hydrogens (tertiary/aromatic N) is 4. The number of amides is 1. The number of carbonyl (C=O) groups excluding carboxylic acids is 1. The molecule has 4 heterocycles. The maximum Gasteiger partial charge on any atom is 0.265 e. The zero-order valence-corrected chi connectivity index (χ0v) is 20.6. The number of likely N-dealkylation sites (tertiary alicyclic amines) is 1. The molecule has 0 aliphatic carbocycles. The van der Waals surface area contributed by atoms with Gasteiger partial charge in [0.1, 0.15) is 0 Å². The number of thiophene rings is 1. The van der Waals surface area contributed by atoms with E-state index < -0.39 is 0 Å². The van der Waals surface area contributed by atoms with E-state index in [2.05, 4.69) is 42.6 Å². The molecule has 0 saturated carbocycles. The Bertz CT molecular complexity index is 1300. The van der Waals surface area contributed by atoms with Crippen molar-refractivity contribution in [2.45, 2.75) is 25.4 Å². The van der Waals surface area contributed by atoms with E-state index >= 15 is 0 Å². The first kappa shape index (κ1) is 24.1. The van der Waals surface area contributed by atoms with Crippen LogP contribution >= 0.6 is 11.3 Å². The van der Waals surface area contributed by atoms with Crippen LogP contribution in [0.2, 0.25) is 0 Å². The Morgan fingerprint density at radius 2 is 1.86 bits per heavy atom. The number of piperidine rings is 1. The average Bonchev–Trinajstić information content (AvgIpc) is 3.40. The molecule has 5 rings (SSSR count). The highest BCUT2D eigenvalue weighted by Gasteiger charge is 2.16. The highest BCUT2D eigenvalue weighted by molar-refractivity contribution is 7.17. The molecule has 8 nitrogen and oxygen atoms in total. The molecule has 1 amide bonds. The maximum absolute atomic E-state index is 12.6. The molecule has 1 aromatic carbocycles. The van der Waals surface area contributed by atoms with Gasteiger partial charge in [0.05, 0.1) is 21.6 Å². The molecule has 1 fully saturated rings. The maximum atomic E-state index is 12.6. The van der Waals surface area contributed by atoms with Gasteiger partial charge in [0, 0.05) is 49.6 Å². The summed E-state index contributed by atoms with van der Waals surface area (Å²) >= 11 is 1.38. The Kier molecular flexibility index (Phi) is 7.61. The molecule has 3 N–H and O–H groups in total. The first-order valence-corrected chi connectivity index (χ1v) is 12.8. The number of hydrogen-bond acceptors (Lipinski definition) is 8. The van der Waals surface area contributed by atoms with Crippen LogP contribution in [0.3, 0.4) is 0 Å². The van der Waals surface area contributed by atoms with Crippen LogP contribution in [0.1, 0.15) is 28.1 Å². The smallest absolute Gasteiger partial charge is 0.265 e. The molecule has 0 unspecified atom stereocenters. The first-order chi connectivity index (χ1) is 17.6. The van der Waals surface area contributed by atoms with Crippen molar-refractivity contribution in [3.8, 4) is 10.6 Å². The van der Waals surface area contributed by atoms with E-state index in [9.17, 15) is 9.90 Å². The van der Waals surface area contributed by atoms with Crippen LogP contribution < -0.4 is 10.6 Å². The summed E-state index contributed by atoms with van der Waals surface area (Å²) in [7, 11) is 0. The summed E-state index contributed by atoms with van der Waals surface area (Å²) in [5.74, 6) is 0.341. The van der Waals surface area contributed by atoms with Gasteiger partial charge in [0.25, 0.3) is 5.91 Å². The standard InChI is InChI=1S/C27H28N6O2S/c34-22-10-16-33(17-11-22)15-9-19-2-1-3-21(18-19)31-27-29-14-8-23(32-27)24-4-5-25(36-24)26(35)30-20-6-12-28-13-7-20/h1-8,12-14,18,22,34H,9-11,15-17H2,(H,28,30,35)(H,29,31,32). The van der Waals surface area contributed by atoms with Crippen LogP contribution in [-0.2, 0) is 6.42 Å². The van der Waals surface area contributed by atoms with Gasteiger partial charge in [-0.2, -0.15) is 0 Å². The van der Waals surface area contributed by atoms with Crippen LogP contribution in [0.5, 0.6) is 0 Å². The van der Waals surface area contributed by atoms with Gasteiger partial charge in [-0.3, -0.25) is 9.78 Å². The molecule has 9 heteroatoms. The third kappa shape index (κ3) is 6.31. The Balaban J connectivity index is 1.21. The lowest BCUT2D eigenvalue weighted by molar-refractivity contribution is 0.0832. The molecule has 4 aromatic rings. The van der Waals surface area contributed by atoms with Crippen molar-refractivity contribution < 1.29 is 9.90 Å². The van der Waals surface area contributed by atoms with Crippen molar-refractivity contribution in [1.82, 2.24) is 19.9 Å². The fraction of sp³-hybridized carbons (Fsp3) is 0.259. The predicted molar refractivity (Wildman–Crippen MR) is 143 cm³/mol. The van der Waals surface area contributed by atoms with Crippen molar-refractivity contribution >= 4 is 34.6 Å². The third-order valence-corrected chi connectivity index (χ3v) is 7.24. The highest BCUT2D eigenvalue weighted by atomic mass is 32.1. The fourth-order valence-corrected chi connectivity index (χ4v) is 5.02. The lowest BCUT2D eigenvalue weighted by Crippen LogP contribution is -2.37. The van der Waals surface area contributed by atoms with Gasteiger partial charge in [-0.15, -0.1) is 11.3 Å². The molecular formula is C27H28N6O2S. The quantitative estimate of drug-likeness (QED) is 0.325. The molecule has 184 valence electrons. The first-order valence-electron chi connectivity index (χ1n) is 12.0. The van der Waals surface area contributed by atoms with Gasteiger partial charge >= 0.3 is 0 Å². The number of hydrogen-bond donors (Lipinski definition) is 3. The number of nitrogens with one attached hydrogen (secondary N) is 2. The van der Waals surface area contributed by atoms with E-state index in [1.165, 1.54) is 16.9 Å². The number of rotatable bonds is 8. The fourth-order valence-electron chi connectivity index (χ4n) is 4.15. The van der Waals surface area contributed by atoms with E-state index in [1.807, 2.05) is 24.3 Å². The van der Waals surface area contributed by atoms with E-state index in [4.69, 9.17) is 0 Å². The van der Waals surface area contributed by atoms with Crippen LogP contribution in [0, 0.1) is 0 Å². The van der Waals surface area contributed by atoms with Gasteiger partial charge in [-0.1, -0.05) is 12.1 Å². The summed E-state index contributed by atoms with van der Waals surface area (Å²) < 4.78 is 0. The molecular weight excluding hydrogens is 472 g/mol. The summed E-state index contributed by atoms with van der Waals surface area (Å²) in [6.07, 6.45) is 7.52. The van der Waals surface area contributed by atoms with Gasteiger partial charge in [-0.25, -0.2) is 9.97 Å². The molecule has 3 aromatic heterocycles. The Morgan fingerprint density at radius 3 is 2.69 bits per heavy atom. The molecule has 1 aliphatic heterocycles. The van der Waals surface area contributed by atoms with Crippen molar-refractivity contribution in [3.05, 3.63) is 83.6 Å². The average molecular weight is 501 g/mol. The summed E-state index contributed by atoms with van der Waals surface area (Å²) in [5, 5.41) is 15.9. The number of aliphatic hydroxyl groups is 1. The molecule has 0 atom stereocenters. The summed E-state index contributed by atoms with van der Waals surface area (Å²) in [6.45, 7) is 2.89. The predicted octanol–water partition coefficient (Wildman–Crippen LogP) is 4.60. The van der Waals surface area contributed by atoms with Crippen molar-refractivity contribution in [2.75, 3.05) is 30.3 Å². The Labute approximate surface area is 214 Å². The van der Waals surface area contributed by atoms with E-state index in [1.54, 1.807) is 36.8 Å². The topological polar surface area (TPSA) is 103 Å². The van der Waals surface area contributed by atoms with Crippen molar-refractivity contribution in [1.29, 1.82) is 0 Å². The Hall–Kier alpha value is -3.66. The van der Waals surface area contributed by atoms with Gasteiger partial charge in [0.15, 0.2) is 0 Å². The van der Waals surface area contributed by atoms with E-state index in [0.29, 0.717) is 16.5 Å². The molecule has 1 aliphatic rings. The van der Waals surface area contributed by atoms with E-state index in [-0.39, 0.29) is 12.0 Å². The lowest BCUT2D eigenvalue weighted by atomic mass is 10.1. The van der Waals surface area contributed by atoms with Crippen LogP contribution in [0.4, 0.5) is 17.3 Å². The van der Waals surface area contributed by atoms with Crippen LogP contribution in [0.15, 0.2) is 73.2 Å². The summed E-state index contributed by atoms with van der Waals surface area (Å²) in [4.78, 5) is 29.5. The second kappa shape index (κ2) is 11.4. The minimum absolute atomic E-state index is 0.144. The minimum Gasteiger partial charge on any atom is -0.393 e. The van der Waals surface area contributed by atoms with Crippen LogP contribution in [-0.4, -0.2) is 56.6 Å². The SMILES string of the molecule is O=C(Nc1ccncc1)c1ccc(-c2ccnc(Nc3cccc(CCN4CCC(O)CC4)c3)n2)s1. The van der Waals surface area contributed by atoms with Gasteiger partial charge < -0.3 is 20.6 Å². The second-order valence-electron chi connectivity index (χ2n) is 8.77. The summed E-state index contributed by atoms with van der Waals surface area (Å²) in [5.41, 5.74) is 3.63. The molecule has 1 saturated heterocycles.